The highest BCUT2D eigenvalue weighted by Crippen LogP contribution is 2.34. The van der Waals surface area contributed by atoms with E-state index in [2.05, 4.69) is 6.92 Å². The molecular weight excluding hydrogens is 267 g/mol. The van der Waals surface area contributed by atoms with E-state index in [1.807, 2.05) is 6.92 Å². The van der Waals surface area contributed by atoms with Crippen molar-refractivity contribution in [3.8, 4) is 5.75 Å². The largest absolute Gasteiger partial charge is 0.489 e. The molecule has 20 heavy (non-hydrogen) atoms. The van der Waals surface area contributed by atoms with Crippen LogP contribution in [0.2, 0.25) is 0 Å². The summed E-state index contributed by atoms with van der Waals surface area (Å²) < 4.78 is 43.1. The van der Waals surface area contributed by atoms with Crippen molar-refractivity contribution >= 4 is 5.69 Å². The summed E-state index contributed by atoms with van der Waals surface area (Å²) in [4.78, 5) is 0. The smallest absolute Gasteiger partial charge is 0.416 e. The molecule has 114 valence electrons. The van der Waals surface area contributed by atoms with Crippen molar-refractivity contribution in [2.45, 2.75) is 58.2 Å². The summed E-state index contributed by atoms with van der Waals surface area (Å²) in [5, 5.41) is 0. The molecule has 0 saturated heterocycles. The maximum Gasteiger partial charge on any atom is 0.416 e. The average molecular weight is 289 g/mol. The second-order valence-corrected chi connectivity index (χ2v) is 5.03. The van der Waals surface area contributed by atoms with E-state index in [1.54, 1.807) is 0 Å². The van der Waals surface area contributed by atoms with Gasteiger partial charge < -0.3 is 10.5 Å². The fourth-order valence-electron chi connectivity index (χ4n) is 1.97. The van der Waals surface area contributed by atoms with Gasteiger partial charge in [-0.05, 0) is 38.0 Å². The van der Waals surface area contributed by atoms with E-state index in [4.69, 9.17) is 10.5 Å². The number of unbranched alkanes of at least 4 members (excludes halogenated alkanes) is 3. The number of rotatable bonds is 7. The Bertz CT molecular complexity index is 418. The molecule has 0 heterocycles. The van der Waals surface area contributed by atoms with Gasteiger partial charge >= 0.3 is 6.18 Å². The molecule has 0 radical (unpaired) electrons. The highest BCUT2D eigenvalue weighted by Gasteiger charge is 2.31. The number of nitrogen functional groups attached to an aromatic ring is 1. The Kier molecular flexibility index (Phi) is 6.17. The predicted molar refractivity (Wildman–Crippen MR) is 74.7 cm³/mol. The van der Waals surface area contributed by atoms with Gasteiger partial charge in [-0.25, -0.2) is 0 Å². The topological polar surface area (TPSA) is 35.2 Å². The van der Waals surface area contributed by atoms with Gasteiger partial charge in [-0.2, -0.15) is 13.2 Å². The third-order valence-corrected chi connectivity index (χ3v) is 3.13. The molecule has 0 fully saturated rings. The Morgan fingerprint density at radius 3 is 2.45 bits per heavy atom. The number of ether oxygens (including phenoxy) is 1. The lowest BCUT2D eigenvalue weighted by atomic mass is 10.1. The Hall–Kier alpha value is -1.39. The van der Waals surface area contributed by atoms with Crippen LogP contribution in [0.1, 0.15) is 51.5 Å². The number of nitrogens with two attached hydrogens (primary N) is 1. The van der Waals surface area contributed by atoms with Crippen LogP contribution in [0.15, 0.2) is 18.2 Å². The molecular formula is C15H22F3NO. The third-order valence-electron chi connectivity index (χ3n) is 3.13. The lowest BCUT2D eigenvalue weighted by Crippen LogP contribution is -2.13. The monoisotopic (exact) mass is 289 g/mol. The Labute approximate surface area is 118 Å². The van der Waals surface area contributed by atoms with Crippen molar-refractivity contribution in [3.63, 3.8) is 0 Å². The summed E-state index contributed by atoms with van der Waals surface area (Å²) in [6.07, 6.45) is 1.00. The predicted octanol–water partition coefficient (Wildman–Crippen LogP) is 5.03. The number of anilines is 1. The second-order valence-electron chi connectivity index (χ2n) is 5.03. The molecule has 2 N–H and O–H groups in total. The van der Waals surface area contributed by atoms with Gasteiger partial charge in [0.05, 0.1) is 17.4 Å². The molecule has 0 amide bonds. The van der Waals surface area contributed by atoms with E-state index in [0.29, 0.717) is 5.75 Å². The minimum absolute atomic E-state index is 0.0280. The van der Waals surface area contributed by atoms with Crippen LogP contribution in [0.25, 0.3) is 0 Å². The first-order valence-corrected chi connectivity index (χ1v) is 6.98. The molecule has 0 aliphatic rings. The minimum atomic E-state index is -4.38. The van der Waals surface area contributed by atoms with Gasteiger partial charge in [0, 0.05) is 0 Å². The van der Waals surface area contributed by atoms with Gasteiger partial charge in [-0.3, -0.25) is 0 Å². The molecule has 0 bridgehead atoms. The lowest BCUT2D eigenvalue weighted by molar-refractivity contribution is -0.137. The molecule has 1 aromatic carbocycles. The number of hydrogen-bond acceptors (Lipinski definition) is 2. The molecule has 1 unspecified atom stereocenters. The van der Waals surface area contributed by atoms with E-state index in [1.165, 1.54) is 18.9 Å². The van der Waals surface area contributed by atoms with Crippen LogP contribution in [-0.2, 0) is 6.18 Å². The first kappa shape index (κ1) is 16.7. The van der Waals surface area contributed by atoms with Crippen molar-refractivity contribution < 1.29 is 17.9 Å². The van der Waals surface area contributed by atoms with Crippen LogP contribution in [0.5, 0.6) is 5.75 Å². The Morgan fingerprint density at radius 2 is 1.90 bits per heavy atom. The molecule has 5 heteroatoms. The Morgan fingerprint density at radius 1 is 1.20 bits per heavy atom. The summed E-state index contributed by atoms with van der Waals surface area (Å²) >= 11 is 0. The van der Waals surface area contributed by atoms with Crippen molar-refractivity contribution in [1.82, 2.24) is 0 Å². The van der Waals surface area contributed by atoms with Crippen molar-refractivity contribution in [2.24, 2.45) is 0 Å². The van der Waals surface area contributed by atoms with Gasteiger partial charge in [-0.1, -0.05) is 26.2 Å². The van der Waals surface area contributed by atoms with Crippen LogP contribution in [-0.4, -0.2) is 6.10 Å². The van der Waals surface area contributed by atoms with Crippen molar-refractivity contribution in [1.29, 1.82) is 0 Å². The maximum absolute atomic E-state index is 12.5. The second kappa shape index (κ2) is 7.41. The first-order chi connectivity index (χ1) is 9.34. The van der Waals surface area contributed by atoms with Crippen LogP contribution in [0, 0.1) is 0 Å². The van der Waals surface area contributed by atoms with Crippen LogP contribution < -0.4 is 10.5 Å². The fraction of sp³-hybridized carbons (Fsp3) is 0.600. The molecule has 2 nitrogen and oxygen atoms in total. The van der Waals surface area contributed by atoms with Crippen LogP contribution >= 0.6 is 0 Å². The van der Waals surface area contributed by atoms with Gasteiger partial charge in [0.1, 0.15) is 5.75 Å². The number of halogens is 3. The summed E-state index contributed by atoms with van der Waals surface area (Å²) in [6.45, 7) is 4.05. The maximum atomic E-state index is 12.5. The molecule has 1 aromatic rings. The van der Waals surface area contributed by atoms with Crippen LogP contribution in [0.4, 0.5) is 18.9 Å². The van der Waals surface area contributed by atoms with Crippen LogP contribution in [0.3, 0.4) is 0 Å². The molecule has 0 aliphatic carbocycles. The zero-order chi connectivity index (χ0) is 15.2. The number of hydrogen-bond donors (Lipinski definition) is 1. The molecule has 0 aliphatic heterocycles. The number of benzene rings is 1. The van der Waals surface area contributed by atoms with Crippen molar-refractivity contribution in [2.75, 3.05) is 5.73 Å². The average Bonchev–Trinajstić information content (AvgIpc) is 2.36. The van der Waals surface area contributed by atoms with Gasteiger partial charge in [0.15, 0.2) is 0 Å². The van der Waals surface area contributed by atoms with E-state index in [-0.39, 0.29) is 11.8 Å². The SMILES string of the molecule is CCCCCCC(C)Oc1ccc(C(F)(F)F)cc1N. The first-order valence-electron chi connectivity index (χ1n) is 6.98. The standard InChI is InChI=1S/C15H22F3NO/c1-3-4-5-6-7-11(2)20-14-9-8-12(10-13(14)19)15(16,17)18/h8-11H,3-7,19H2,1-2H3. The van der Waals surface area contributed by atoms with Crippen molar-refractivity contribution in [3.05, 3.63) is 23.8 Å². The molecule has 1 rings (SSSR count). The zero-order valence-electron chi connectivity index (χ0n) is 12.0. The van der Waals surface area contributed by atoms with Gasteiger partial charge in [0.2, 0.25) is 0 Å². The molecule has 0 spiro atoms. The van der Waals surface area contributed by atoms with Gasteiger partial charge in [-0.15, -0.1) is 0 Å². The van der Waals surface area contributed by atoms with Gasteiger partial charge in [0.25, 0.3) is 0 Å². The third kappa shape index (κ3) is 5.31. The Balaban J connectivity index is 2.56. The molecule has 0 saturated carbocycles. The summed E-state index contributed by atoms with van der Waals surface area (Å²) in [5.41, 5.74) is 4.89. The summed E-state index contributed by atoms with van der Waals surface area (Å²) in [7, 11) is 0. The summed E-state index contributed by atoms with van der Waals surface area (Å²) in [5.74, 6) is 0.320. The molecule has 0 aromatic heterocycles. The highest BCUT2D eigenvalue weighted by atomic mass is 19.4. The zero-order valence-corrected chi connectivity index (χ0v) is 12.0. The highest BCUT2D eigenvalue weighted by molar-refractivity contribution is 5.54. The lowest BCUT2D eigenvalue weighted by Gasteiger charge is -2.17. The quantitative estimate of drug-likeness (QED) is 0.564. The van der Waals surface area contributed by atoms with E-state index in [0.717, 1.165) is 31.4 Å². The van der Waals surface area contributed by atoms with E-state index < -0.39 is 11.7 Å². The fourth-order valence-corrected chi connectivity index (χ4v) is 1.97. The van der Waals surface area contributed by atoms with E-state index >= 15 is 0 Å². The number of alkyl halides is 3. The van der Waals surface area contributed by atoms with E-state index in [9.17, 15) is 13.2 Å². The normalized spacial score (nSPS) is 13.2. The molecule has 1 atom stereocenters. The minimum Gasteiger partial charge on any atom is -0.489 e. The summed E-state index contributed by atoms with van der Waals surface area (Å²) in [6, 6.07) is 3.20.